The second-order valence-electron chi connectivity index (χ2n) is 3.46. The average Bonchev–Trinajstić information content (AvgIpc) is 2.84. The number of aromatic nitrogens is 2. The molecular weight excluding hydrogens is 208 g/mol. The van der Waals surface area contributed by atoms with Crippen LogP contribution in [0, 0.1) is 0 Å². The van der Waals surface area contributed by atoms with Gasteiger partial charge in [-0.1, -0.05) is 6.92 Å². The van der Waals surface area contributed by atoms with E-state index >= 15 is 0 Å². The van der Waals surface area contributed by atoms with Crippen molar-refractivity contribution in [3.8, 4) is 0 Å². The van der Waals surface area contributed by atoms with Gasteiger partial charge >= 0.3 is 0 Å². The first kappa shape index (κ1) is 10.4. The first-order valence-electron chi connectivity index (χ1n) is 4.96. The van der Waals surface area contributed by atoms with Crippen LogP contribution in [0.2, 0.25) is 0 Å². The first-order chi connectivity index (χ1) is 7.22. The van der Waals surface area contributed by atoms with Crippen LogP contribution in [0.4, 0.5) is 0 Å². The molecule has 1 unspecified atom stereocenters. The molecule has 0 aliphatic heterocycles. The summed E-state index contributed by atoms with van der Waals surface area (Å²) in [6.07, 6.45) is 3.95. The molecule has 80 valence electrons. The maximum Gasteiger partial charge on any atom is 0.146 e. The Labute approximate surface area is 93.0 Å². The van der Waals surface area contributed by atoms with Crippen LogP contribution in [0.5, 0.6) is 0 Å². The summed E-state index contributed by atoms with van der Waals surface area (Å²) in [5.74, 6) is 0.694. The normalized spacial score (nSPS) is 13.0. The first-order valence-corrected chi connectivity index (χ1v) is 5.78. The van der Waals surface area contributed by atoms with Gasteiger partial charge in [0.2, 0.25) is 0 Å². The fraction of sp³-hybridized carbons (Fsp3) is 0.364. The highest BCUT2D eigenvalue weighted by atomic mass is 32.1. The number of nitrogens with zero attached hydrogens (tertiary/aromatic N) is 2. The average molecular weight is 222 g/mol. The van der Waals surface area contributed by atoms with E-state index in [0.29, 0.717) is 5.82 Å². The molecule has 0 amide bonds. The van der Waals surface area contributed by atoms with Gasteiger partial charge in [0.05, 0.1) is 0 Å². The smallest absolute Gasteiger partial charge is 0.146 e. The Morgan fingerprint density at radius 1 is 1.53 bits per heavy atom. The molecule has 0 aliphatic rings. The Bertz CT molecular complexity index is 447. The number of aliphatic hydroxyl groups is 1. The summed E-state index contributed by atoms with van der Waals surface area (Å²) in [7, 11) is 1.89. The third-order valence-corrected chi connectivity index (χ3v) is 3.69. The van der Waals surface area contributed by atoms with Gasteiger partial charge in [-0.25, -0.2) is 4.98 Å². The van der Waals surface area contributed by atoms with Gasteiger partial charge < -0.3 is 9.67 Å². The number of hydrogen-bond donors (Lipinski definition) is 1. The number of hydrogen-bond acceptors (Lipinski definition) is 3. The van der Waals surface area contributed by atoms with Gasteiger partial charge in [0.25, 0.3) is 0 Å². The zero-order valence-electron chi connectivity index (χ0n) is 8.84. The zero-order valence-corrected chi connectivity index (χ0v) is 9.66. The summed E-state index contributed by atoms with van der Waals surface area (Å²) in [5, 5.41) is 10.1. The van der Waals surface area contributed by atoms with E-state index in [0.717, 1.165) is 11.3 Å². The molecule has 1 atom stereocenters. The highest BCUT2D eigenvalue weighted by Gasteiger charge is 2.16. The Hall–Kier alpha value is -1.13. The molecule has 0 radical (unpaired) electrons. The van der Waals surface area contributed by atoms with Crippen molar-refractivity contribution in [3.63, 3.8) is 0 Å². The number of imidazole rings is 1. The molecule has 2 aromatic heterocycles. The van der Waals surface area contributed by atoms with E-state index in [-0.39, 0.29) is 0 Å². The fourth-order valence-corrected chi connectivity index (χ4v) is 2.44. The van der Waals surface area contributed by atoms with Crippen molar-refractivity contribution >= 4 is 11.3 Å². The maximum atomic E-state index is 10.1. The molecule has 0 saturated carbocycles. The van der Waals surface area contributed by atoms with Crippen LogP contribution in [0.25, 0.3) is 0 Å². The Kier molecular flexibility index (Phi) is 2.88. The van der Waals surface area contributed by atoms with E-state index in [4.69, 9.17) is 0 Å². The van der Waals surface area contributed by atoms with Crippen LogP contribution in [0.3, 0.4) is 0 Å². The molecule has 0 aromatic carbocycles. The van der Waals surface area contributed by atoms with Crippen molar-refractivity contribution in [2.45, 2.75) is 19.4 Å². The van der Waals surface area contributed by atoms with E-state index in [9.17, 15) is 5.11 Å². The van der Waals surface area contributed by atoms with E-state index in [2.05, 4.69) is 18.0 Å². The molecule has 0 bridgehead atoms. The number of rotatable bonds is 3. The molecule has 0 spiro atoms. The van der Waals surface area contributed by atoms with Gasteiger partial charge in [-0.2, -0.15) is 0 Å². The van der Waals surface area contributed by atoms with E-state index in [1.165, 1.54) is 4.88 Å². The highest BCUT2D eigenvalue weighted by Crippen LogP contribution is 2.27. The second-order valence-corrected chi connectivity index (χ2v) is 4.66. The lowest BCUT2D eigenvalue weighted by molar-refractivity contribution is 0.210. The largest absolute Gasteiger partial charge is 0.380 e. The molecular formula is C11H14N2OS. The number of aryl methyl sites for hydroxylation is 2. The third-order valence-electron chi connectivity index (χ3n) is 2.40. The molecule has 2 rings (SSSR count). The van der Waals surface area contributed by atoms with Gasteiger partial charge in [-0.3, -0.25) is 0 Å². The molecule has 2 aromatic rings. The van der Waals surface area contributed by atoms with Crippen molar-refractivity contribution in [2.24, 2.45) is 7.05 Å². The van der Waals surface area contributed by atoms with Gasteiger partial charge in [0, 0.05) is 29.2 Å². The van der Waals surface area contributed by atoms with Crippen LogP contribution >= 0.6 is 11.3 Å². The summed E-state index contributed by atoms with van der Waals surface area (Å²) in [4.78, 5) is 6.40. The Morgan fingerprint density at radius 3 is 2.87 bits per heavy atom. The second kappa shape index (κ2) is 4.16. The number of aliphatic hydroxyl groups excluding tert-OH is 1. The van der Waals surface area contributed by atoms with E-state index < -0.39 is 6.10 Å². The summed E-state index contributed by atoms with van der Waals surface area (Å²) in [6, 6.07) is 4.04. The Balaban J connectivity index is 2.28. The maximum absolute atomic E-state index is 10.1. The van der Waals surface area contributed by atoms with Crippen LogP contribution in [-0.2, 0) is 13.5 Å². The summed E-state index contributed by atoms with van der Waals surface area (Å²) < 4.78 is 1.84. The van der Waals surface area contributed by atoms with Crippen molar-refractivity contribution in [3.05, 3.63) is 40.1 Å². The minimum atomic E-state index is -0.602. The fourth-order valence-electron chi connectivity index (χ4n) is 1.50. The molecule has 1 N–H and O–H groups in total. The quantitative estimate of drug-likeness (QED) is 0.864. The van der Waals surface area contributed by atoms with Crippen LogP contribution < -0.4 is 0 Å². The Morgan fingerprint density at radius 2 is 2.33 bits per heavy atom. The summed E-state index contributed by atoms with van der Waals surface area (Å²) in [5.41, 5.74) is 0. The van der Waals surface area contributed by atoms with E-state index in [1.807, 2.05) is 23.9 Å². The molecule has 3 nitrogen and oxygen atoms in total. The van der Waals surface area contributed by atoms with Crippen LogP contribution in [0.15, 0.2) is 24.5 Å². The van der Waals surface area contributed by atoms with Crippen molar-refractivity contribution < 1.29 is 5.11 Å². The standard InChI is InChI=1S/C11H14N2OS/c1-3-8-4-5-9(15-8)10(14)11-12-6-7-13(11)2/h4-7,10,14H,3H2,1-2H3. The van der Waals surface area contributed by atoms with Gasteiger partial charge in [-0.05, 0) is 18.6 Å². The SMILES string of the molecule is CCc1ccc(C(O)c2nccn2C)s1. The third kappa shape index (κ3) is 1.96. The lowest BCUT2D eigenvalue weighted by Gasteiger charge is -2.07. The summed E-state index contributed by atoms with van der Waals surface area (Å²) in [6.45, 7) is 2.11. The topological polar surface area (TPSA) is 38.1 Å². The molecule has 15 heavy (non-hydrogen) atoms. The number of thiophene rings is 1. The molecule has 0 saturated heterocycles. The molecule has 0 fully saturated rings. The molecule has 2 heterocycles. The van der Waals surface area contributed by atoms with Crippen LogP contribution in [0.1, 0.15) is 28.6 Å². The lowest BCUT2D eigenvalue weighted by Crippen LogP contribution is -2.05. The zero-order chi connectivity index (χ0) is 10.8. The van der Waals surface area contributed by atoms with Gasteiger partial charge in [-0.15, -0.1) is 11.3 Å². The minimum Gasteiger partial charge on any atom is -0.380 e. The predicted octanol–water partition coefficient (Wildman–Crippen LogP) is 2.13. The van der Waals surface area contributed by atoms with E-state index in [1.54, 1.807) is 17.5 Å². The lowest BCUT2D eigenvalue weighted by atomic mass is 10.2. The van der Waals surface area contributed by atoms with Gasteiger partial charge in [0.1, 0.15) is 11.9 Å². The summed E-state index contributed by atoms with van der Waals surface area (Å²) >= 11 is 1.64. The highest BCUT2D eigenvalue weighted by molar-refractivity contribution is 7.12. The monoisotopic (exact) mass is 222 g/mol. The van der Waals surface area contributed by atoms with Crippen molar-refractivity contribution in [1.29, 1.82) is 0 Å². The minimum absolute atomic E-state index is 0.602. The van der Waals surface area contributed by atoms with Gasteiger partial charge in [0.15, 0.2) is 0 Å². The van der Waals surface area contributed by atoms with Crippen molar-refractivity contribution in [1.82, 2.24) is 9.55 Å². The van der Waals surface area contributed by atoms with Crippen LogP contribution in [-0.4, -0.2) is 14.7 Å². The predicted molar refractivity (Wildman–Crippen MR) is 61.0 cm³/mol. The molecule has 0 aliphatic carbocycles. The van der Waals surface area contributed by atoms with Crippen molar-refractivity contribution in [2.75, 3.05) is 0 Å². The molecule has 4 heteroatoms.